The molecule has 1 unspecified atom stereocenters. The molecule has 3 nitrogen and oxygen atoms in total. The molecule has 0 saturated heterocycles. The minimum atomic E-state index is -0.197. The van der Waals surface area contributed by atoms with Crippen molar-refractivity contribution in [2.75, 3.05) is 13.1 Å². The maximum absolute atomic E-state index is 11.5. The van der Waals surface area contributed by atoms with Crippen LogP contribution in [0.2, 0.25) is 0 Å². The third kappa shape index (κ3) is 3.68. The van der Waals surface area contributed by atoms with Crippen molar-refractivity contribution in [1.29, 1.82) is 0 Å². The lowest BCUT2D eigenvalue weighted by Gasteiger charge is -2.26. The van der Waals surface area contributed by atoms with E-state index >= 15 is 0 Å². The summed E-state index contributed by atoms with van der Waals surface area (Å²) < 4.78 is 0. The molecule has 0 radical (unpaired) electrons. The van der Waals surface area contributed by atoms with Gasteiger partial charge in [0.1, 0.15) is 12.1 Å². The molecule has 0 N–H and O–H groups in total. The van der Waals surface area contributed by atoms with Gasteiger partial charge in [0.05, 0.1) is 6.04 Å². The second kappa shape index (κ2) is 6.78. The Kier molecular flexibility index (Phi) is 6.41. The first-order valence-electron chi connectivity index (χ1n) is 4.91. The van der Waals surface area contributed by atoms with E-state index in [9.17, 15) is 9.59 Å². The lowest BCUT2D eigenvalue weighted by molar-refractivity contribution is -0.126. The number of hydrogen-bond acceptors (Lipinski definition) is 3. The van der Waals surface area contributed by atoms with Crippen molar-refractivity contribution in [3.63, 3.8) is 0 Å². The number of rotatable bonds is 7. The number of likely N-dealkylation sites (N-methyl/N-ethyl adjacent to an activating group) is 1. The summed E-state index contributed by atoms with van der Waals surface area (Å²) >= 11 is 0. The highest BCUT2D eigenvalue weighted by Gasteiger charge is 2.21. The summed E-state index contributed by atoms with van der Waals surface area (Å²) in [5.74, 6) is 0.163. The second-order valence-electron chi connectivity index (χ2n) is 2.96. The Morgan fingerprint density at radius 3 is 2.15 bits per heavy atom. The lowest BCUT2D eigenvalue weighted by atomic mass is 10.1. The highest BCUT2D eigenvalue weighted by atomic mass is 16.1. The van der Waals surface area contributed by atoms with Gasteiger partial charge in [-0.2, -0.15) is 0 Å². The van der Waals surface area contributed by atoms with Gasteiger partial charge < -0.3 is 4.79 Å². The number of carbonyl (C=O) groups excluding carboxylic acids is 2. The topological polar surface area (TPSA) is 37.4 Å². The number of ketones is 1. The predicted molar refractivity (Wildman–Crippen MR) is 52.7 cm³/mol. The van der Waals surface area contributed by atoms with Gasteiger partial charge in [-0.15, -0.1) is 0 Å². The highest BCUT2D eigenvalue weighted by Crippen LogP contribution is 2.06. The largest absolute Gasteiger partial charge is 0.303 e. The zero-order valence-corrected chi connectivity index (χ0v) is 8.75. The maximum Gasteiger partial charge on any atom is 0.150 e. The van der Waals surface area contributed by atoms with Crippen LogP contribution >= 0.6 is 0 Å². The quantitative estimate of drug-likeness (QED) is 0.560. The molecule has 0 rings (SSSR count). The molecule has 0 aromatic rings. The van der Waals surface area contributed by atoms with Gasteiger partial charge in [-0.1, -0.05) is 20.8 Å². The van der Waals surface area contributed by atoms with Crippen LogP contribution in [-0.2, 0) is 9.59 Å². The predicted octanol–water partition coefficient (Wildman–Crippen LogP) is 1.26. The fourth-order valence-electron chi connectivity index (χ4n) is 1.48. The van der Waals surface area contributed by atoms with Gasteiger partial charge in [-0.3, -0.25) is 9.69 Å². The van der Waals surface area contributed by atoms with Gasteiger partial charge in [0, 0.05) is 12.8 Å². The molecular weight excluding hydrogens is 166 g/mol. The molecular formula is C10H19NO2. The zero-order chi connectivity index (χ0) is 10.3. The summed E-state index contributed by atoms with van der Waals surface area (Å²) in [6, 6.07) is -0.197. The van der Waals surface area contributed by atoms with Crippen LogP contribution in [0.15, 0.2) is 0 Å². The molecule has 3 heteroatoms. The Balaban J connectivity index is 4.36. The van der Waals surface area contributed by atoms with E-state index in [1.54, 1.807) is 0 Å². The van der Waals surface area contributed by atoms with Gasteiger partial charge in [-0.25, -0.2) is 0 Å². The first kappa shape index (κ1) is 12.3. The molecule has 0 aromatic carbocycles. The normalized spacial score (nSPS) is 12.9. The number of carbonyl (C=O) groups is 2. The van der Waals surface area contributed by atoms with Crippen molar-refractivity contribution in [2.24, 2.45) is 0 Å². The number of hydrogen-bond donors (Lipinski definition) is 0. The smallest absolute Gasteiger partial charge is 0.150 e. The van der Waals surface area contributed by atoms with Gasteiger partial charge in [0.2, 0.25) is 0 Å². The molecule has 0 fully saturated rings. The molecule has 0 saturated carbocycles. The molecule has 0 heterocycles. The molecule has 0 spiro atoms. The molecule has 13 heavy (non-hydrogen) atoms. The van der Waals surface area contributed by atoms with Crippen molar-refractivity contribution >= 4 is 12.1 Å². The van der Waals surface area contributed by atoms with Crippen molar-refractivity contribution in [3.8, 4) is 0 Å². The molecule has 1 atom stereocenters. The van der Waals surface area contributed by atoms with Crippen LogP contribution in [0.3, 0.4) is 0 Å². The molecule has 0 aliphatic carbocycles. The minimum Gasteiger partial charge on any atom is -0.303 e. The Hall–Kier alpha value is -0.700. The van der Waals surface area contributed by atoms with E-state index < -0.39 is 0 Å². The SMILES string of the molecule is CCC(=O)C(CC=O)N(CC)CC. The molecule has 0 aliphatic rings. The van der Waals surface area contributed by atoms with Gasteiger partial charge >= 0.3 is 0 Å². The van der Waals surface area contributed by atoms with Crippen molar-refractivity contribution in [1.82, 2.24) is 4.90 Å². The summed E-state index contributed by atoms with van der Waals surface area (Å²) in [7, 11) is 0. The summed E-state index contributed by atoms with van der Waals surface area (Å²) in [4.78, 5) is 23.9. The molecule has 76 valence electrons. The van der Waals surface area contributed by atoms with Gasteiger partial charge in [0.15, 0.2) is 0 Å². The Morgan fingerprint density at radius 2 is 1.85 bits per heavy atom. The standard InChI is InChI=1S/C10H19NO2/c1-4-10(13)9(7-8-12)11(5-2)6-3/h8-9H,4-7H2,1-3H3. The lowest BCUT2D eigenvalue weighted by Crippen LogP contribution is -2.41. The van der Waals surface area contributed by atoms with Crippen molar-refractivity contribution in [3.05, 3.63) is 0 Å². The van der Waals surface area contributed by atoms with Crippen LogP contribution in [0.1, 0.15) is 33.6 Å². The Morgan fingerprint density at radius 1 is 1.31 bits per heavy atom. The van der Waals surface area contributed by atoms with Crippen LogP contribution in [0.5, 0.6) is 0 Å². The van der Waals surface area contributed by atoms with Crippen LogP contribution in [0, 0.1) is 0 Å². The Bertz CT molecular complexity index is 164. The second-order valence-corrected chi connectivity index (χ2v) is 2.96. The highest BCUT2D eigenvalue weighted by molar-refractivity contribution is 5.85. The fourth-order valence-corrected chi connectivity index (χ4v) is 1.48. The maximum atomic E-state index is 11.5. The minimum absolute atomic E-state index is 0.163. The molecule has 0 bridgehead atoms. The number of Topliss-reactive ketones (excluding diaryl/α,β-unsaturated/α-hetero) is 1. The fraction of sp³-hybridized carbons (Fsp3) is 0.800. The van der Waals surface area contributed by atoms with Gasteiger partial charge in [0.25, 0.3) is 0 Å². The summed E-state index contributed by atoms with van der Waals surface area (Å²) in [5, 5.41) is 0. The average molecular weight is 185 g/mol. The van der Waals surface area contributed by atoms with Crippen LogP contribution in [0.25, 0.3) is 0 Å². The number of nitrogens with zero attached hydrogens (tertiary/aromatic N) is 1. The molecule has 0 aromatic heterocycles. The van der Waals surface area contributed by atoms with E-state index in [1.807, 2.05) is 25.7 Å². The van der Waals surface area contributed by atoms with Crippen LogP contribution < -0.4 is 0 Å². The van der Waals surface area contributed by atoms with Crippen molar-refractivity contribution in [2.45, 2.75) is 39.7 Å². The van der Waals surface area contributed by atoms with E-state index in [-0.39, 0.29) is 11.8 Å². The Labute approximate surface area is 80.1 Å². The zero-order valence-electron chi connectivity index (χ0n) is 8.75. The molecule has 0 aliphatic heterocycles. The average Bonchev–Trinajstić information content (AvgIpc) is 2.17. The van der Waals surface area contributed by atoms with Crippen LogP contribution in [0.4, 0.5) is 0 Å². The monoisotopic (exact) mass is 185 g/mol. The summed E-state index contributed by atoms with van der Waals surface area (Å²) in [6.45, 7) is 7.49. The summed E-state index contributed by atoms with van der Waals surface area (Å²) in [5.41, 5.74) is 0. The number of aldehydes is 1. The van der Waals surface area contributed by atoms with Crippen molar-refractivity contribution < 1.29 is 9.59 Å². The van der Waals surface area contributed by atoms with E-state index in [0.717, 1.165) is 19.4 Å². The third-order valence-electron chi connectivity index (χ3n) is 2.29. The molecule has 0 amide bonds. The first-order valence-corrected chi connectivity index (χ1v) is 4.91. The van der Waals surface area contributed by atoms with E-state index in [4.69, 9.17) is 0 Å². The first-order chi connectivity index (χ1) is 6.21. The third-order valence-corrected chi connectivity index (χ3v) is 2.29. The van der Waals surface area contributed by atoms with E-state index in [1.165, 1.54) is 0 Å². The summed E-state index contributed by atoms with van der Waals surface area (Å²) in [6.07, 6.45) is 1.67. The van der Waals surface area contributed by atoms with E-state index in [2.05, 4.69) is 0 Å². The van der Waals surface area contributed by atoms with E-state index in [0.29, 0.717) is 12.8 Å². The van der Waals surface area contributed by atoms with Crippen LogP contribution in [-0.4, -0.2) is 36.1 Å². The van der Waals surface area contributed by atoms with Gasteiger partial charge in [-0.05, 0) is 13.1 Å².